The van der Waals surface area contributed by atoms with Crippen molar-refractivity contribution >= 4 is 30.1 Å². The van der Waals surface area contributed by atoms with Gasteiger partial charge in [-0.25, -0.2) is 19.8 Å². The number of allylic oxidation sites excluding steroid dienone is 1. The molecular weight excluding hydrogens is 560 g/mol. The zero-order chi connectivity index (χ0) is 30.9. The van der Waals surface area contributed by atoms with Crippen LogP contribution < -0.4 is 25.5 Å². The van der Waals surface area contributed by atoms with Crippen LogP contribution in [0.2, 0.25) is 0 Å². The second-order valence-electron chi connectivity index (χ2n) is 9.05. The fourth-order valence-corrected chi connectivity index (χ4v) is 4.22. The first-order chi connectivity index (χ1) is 20.7. The van der Waals surface area contributed by atoms with E-state index in [9.17, 15) is 19.2 Å². The Morgan fingerprint density at radius 3 is 2.49 bits per heavy atom. The molecule has 0 radical (unpaired) electrons. The summed E-state index contributed by atoms with van der Waals surface area (Å²) in [5, 5.41) is 9.20. The number of esters is 2. The van der Waals surface area contributed by atoms with E-state index in [2.05, 4.69) is 21.2 Å². The van der Waals surface area contributed by atoms with Crippen LogP contribution in [-0.2, 0) is 19.1 Å². The third-order valence-corrected chi connectivity index (χ3v) is 6.24. The Morgan fingerprint density at radius 1 is 1.02 bits per heavy atom. The predicted molar refractivity (Wildman–Crippen MR) is 153 cm³/mol. The number of benzene rings is 2. The van der Waals surface area contributed by atoms with Gasteiger partial charge in [-0.05, 0) is 55.8 Å². The van der Waals surface area contributed by atoms with Gasteiger partial charge in [0.15, 0.2) is 18.1 Å². The van der Waals surface area contributed by atoms with Crippen molar-refractivity contribution in [2.24, 2.45) is 5.10 Å². The molecule has 0 saturated carbocycles. The lowest BCUT2D eigenvalue weighted by Gasteiger charge is -2.28. The summed E-state index contributed by atoms with van der Waals surface area (Å²) in [6.45, 7) is 3.11. The number of hydrogen-bond acceptors (Lipinski definition) is 10. The summed E-state index contributed by atoms with van der Waals surface area (Å²) in [6.07, 6.45) is 1.34. The Hall–Kier alpha value is -5.59. The van der Waals surface area contributed by atoms with Gasteiger partial charge in [0.2, 0.25) is 0 Å². The maximum absolute atomic E-state index is 12.6. The van der Waals surface area contributed by atoms with E-state index in [0.717, 1.165) is 5.56 Å². The van der Waals surface area contributed by atoms with Crippen molar-refractivity contribution in [3.8, 4) is 22.8 Å². The normalized spacial score (nSPS) is 14.5. The van der Waals surface area contributed by atoms with Gasteiger partial charge in [0.1, 0.15) is 11.5 Å². The summed E-state index contributed by atoms with van der Waals surface area (Å²) in [4.78, 5) is 48.6. The molecule has 2 aromatic carbocycles. The lowest BCUT2D eigenvalue weighted by Crippen LogP contribution is -2.45. The largest absolute Gasteiger partial charge is 0.493 e. The highest BCUT2D eigenvalue weighted by atomic mass is 16.5. The Morgan fingerprint density at radius 2 is 1.79 bits per heavy atom. The molecule has 3 aromatic rings. The average Bonchev–Trinajstić information content (AvgIpc) is 3.48. The molecule has 1 aromatic heterocycles. The molecule has 0 unspecified atom stereocenters. The molecule has 1 aliphatic rings. The minimum Gasteiger partial charge on any atom is -0.493 e. The number of hydrazone groups is 1. The summed E-state index contributed by atoms with van der Waals surface area (Å²) in [7, 11) is 2.74. The van der Waals surface area contributed by atoms with E-state index < -0.39 is 29.9 Å². The first kappa shape index (κ1) is 30.4. The molecule has 0 aliphatic carbocycles. The van der Waals surface area contributed by atoms with Gasteiger partial charge in [0.25, 0.3) is 5.91 Å². The predicted octanol–water partition coefficient (Wildman–Crippen LogP) is 3.46. The SMILES string of the molecule is CCOC(=O)C1=C(C)NC(=O)N[C@@H]1c1ccc(OCC(=O)N/N=C\c2ccc(-c3ccc(C(=O)OC)cc3)o2)c(OC)c1. The van der Waals surface area contributed by atoms with E-state index in [4.69, 9.17) is 23.4 Å². The zero-order valence-corrected chi connectivity index (χ0v) is 23.9. The minimum absolute atomic E-state index is 0.176. The standard InChI is InChI=1S/C30H30N4O9/c1-5-41-29(37)26-17(2)32-30(38)33-27(26)20-10-12-23(24(14-20)39-3)42-16-25(35)34-31-15-21-11-13-22(43-21)18-6-8-19(9-7-18)28(36)40-4/h6-15,27H,5,16H2,1-4H3,(H,34,35)(H2,32,33,38)/b31-15-/t27-/m1/s1. The average molecular weight is 591 g/mol. The minimum atomic E-state index is -0.783. The Labute approximate surface area is 246 Å². The van der Waals surface area contributed by atoms with Gasteiger partial charge in [0.05, 0.1) is 44.2 Å². The molecule has 43 heavy (non-hydrogen) atoms. The number of rotatable bonds is 11. The summed E-state index contributed by atoms with van der Waals surface area (Å²) >= 11 is 0. The number of hydrogen-bond donors (Lipinski definition) is 3. The molecule has 3 amide bonds. The fourth-order valence-electron chi connectivity index (χ4n) is 4.22. The monoisotopic (exact) mass is 590 g/mol. The van der Waals surface area contributed by atoms with Gasteiger partial charge in [-0.2, -0.15) is 5.10 Å². The van der Waals surface area contributed by atoms with Crippen molar-refractivity contribution in [2.75, 3.05) is 27.4 Å². The summed E-state index contributed by atoms with van der Waals surface area (Å²) < 4.78 is 26.6. The molecule has 0 fully saturated rings. The highest BCUT2D eigenvalue weighted by Gasteiger charge is 2.32. The van der Waals surface area contributed by atoms with Crippen LogP contribution in [0.3, 0.4) is 0 Å². The second-order valence-corrected chi connectivity index (χ2v) is 9.05. The van der Waals surface area contributed by atoms with Crippen LogP contribution >= 0.6 is 0 Å². The lowest BCUT2D eigenvalue weighted by molar-refractivity contribution is -0.139. The van der Waals surface area contributed by atoms with E-state index in [0.29, 0.717) is 28.3 Å². The summed E-state index contributed by atoms with van der Waals surface area (Å²) in [5.74, 6) is -0.0500. The number of carbonyl (C=O) groups excluding carboxylic acids is 4. The van der Waals surface area contributed by atoms with Gasteiger partial charge in [-0.15, -0.1) is 0 Å². The smallest absolute Gasteiger partial charge is 0.338 e. The van der Waals surface area contributed by atoms with E-state index in [1.165, 1.54) is 20.4 Å². The second kappa shape index (κ2) is 13.9. The molecule has 0 saturated heterocycles. The molecule has 1 atom stereocenters. The van der Waals surface area contributed by atoms with Crippen molar-refractivity contribution in [2.45, 2.75) is 19.9 Å². The first-order valence-corrected chi connectivity index (χ1v) is 13.1. The number of methoxy groups -OCH3 is 2. The highest BCUT2D eigenvalue weighted by Crippen LogP contribution is 2.34. The van der Waals surface area contributed by atoms with Crippen LogP contribution in [0.5, 0.6) is 11.5 Å². The first-order valence-electron chi connectivity index (χ1n) is 13.1. The van der Waals surface area contributed by atoms with Gasteiger partial charge in [-0.3, -0.25) is 4.79 Å². The van der Waals surface area contributed by atoms with Crippen LogP contribution in [0, 0.1) is 0 Å². The maximum atomic E-state index is 12.6. The number of nitrogens with zero attached hydrogens (tertiary/aromatic N) is 1. The molecule has 224 valence electrons. The van der Waals surface area contributed by atoms with Crippen LogP contribution in [0.1, 0.15) is 41.6 Å². The molecule has 2 heterocycles. The van der Waals surface area contributed by atoms with Gasteiger partial charge < -0.3 is 34.0 Å². The molecule has 1 aliphatic heterocycles. The number of ether oxygens (including phenoxy) is 4. The lowest BCUT2D eigenvalue weighted by atomic mass is 9.95. The third-order valence-electron chi connectivity index (χ3n) is 6.24. The van der Waals surface area contributed by atoms with Crippen molar-refractivity contribution in [3.63, 3.8) is 0 Å². The number of furan rings is 1. The fraction of sp³-hybridized carbons (Fsp3) is 0.233. The maximum Gasteiger partial charge on any atom is 0.338 e. The van der Waals surface area contributed by atoms with Crippen LogP contribution in [-0.4, -0.2) is 57.5 Å². The zero-order valence-electron chi connectivity index (χ0n) is 23.9. The topological polar surface area (TPSA) is 167 Å². The van der Waals surface area contributed by atoms with E-state index >= 15 is 0 Å². The van der Waals surface area contributed by atoms with E-state index in [1.54, 1.807) is 68.4 Å². The molecule has 4 rings (SSSR count). The number of amides is 3. The summed E-state index contributed by atoms with van der Waals surface area (Å²) in [5.41, 5.74) is 4.71. The number of urea groups is 1. The van der Waals surface area contributed by atoms with Gasteiger partial charge in [0, 0.05) is 11.3 Å². The molecule has 0 spiro atoms. The molecule has 3 N–H and O–H groups in total. The van der Waals surface area contributed by atoms with Crippen molar-refractivity contribution in [3.05, 3.63) is 82.8 Å². The van der Waals surface area contributed by atoms with Gasteiger partial charge in [-0.1, -0.05) is 18.2 Å². The number of nitrogens with one attached hydrogen (secondary N) is 3. The van der Waals surface area contributed by atoms with E-state index in [-0.39, 0.29) is 30.3 Å². The molecule has 13 nitrogen and oxygen atoms in total. The van der Waals surface area contributed by atoms with Crippen LogP contribution in [0.25, 0.3) is 11.3 Å². The van der Waals surface area contributed by atoms with Crippen molar-refractivity contribution in [1.82, 2.24) is 16.1 Å². The van der Waals surface area contributed by atoms with E-state index in [1.807, 2.05) is 0 Å². The Balaban J connectivity index is 1.36. The molecule has 13 heteroatoms. The van der Waals surface area contributed by atoms with Crippen molar-refractivity contribution in [1.29, 1.82) is 0 Å². The molecule has 0 bridgehead atoms. The Kier molecular flexibility index (Phi) is 9.78. The molecular formula is C30H30N4O9. The Bertz CT molecular complexity index is 1570. The quantitative estimate of drug-likeness (QED) is 0.172. The third kappa shape index (κ3) is 7.38. The van der Waals surface area contributed by atoms with Crippen LogP contribution in [0.15, 0.2) is 75.4 Å². The van der Waals surface area contributed by atoms with Crippen molar-refractivity contribution < 1.29 is 42.5 Å². The number of carbonyl (C=O) groups is 4. The van der Waals surface area contributed by atoms with Crippen LogP contribution in [0.4, 0.5) is 4.79 Å². The summed E-state index contributed by atoms with van der Waals surface area (Å²) in [6, 6.07) is 13.7. The highest BCUT2D eigenvalue weighted by molar-refractivity contribution is 5.95. The van der Waals surface area contributed by atoms with Gasteiger partial charge >= 0.3 is 18.0 Å².